The molecule has 17 nitrogen and oxygen atoms in total. The van der Waals surface area contributed by atoms with Crippen LogP contribution in [0.1, 0.15) is 325 Å². The number of hydrogen-bond acceptors (Lipinski definition) is 15. The number of rotatable bonds is 66. The molecule has 0 radical (unpaired) electrons. The fourth-order valence-electron chi connectivity index (χ4n) is 9.97. The molecule has 3 unspecified atom stereocenters. The lowest BCUT2D eigenvalue weighted by molar-refractivity contribution is -0.161. The minimum atomic E-state index is -4.96. The molecule has 0 bridgehead atoms. The molecule has 0 rings (SSSR count). The smallest absolute Gasteiger partial charge is 0.462 e. The maximum Gasteiger partial charge on any atom is 0.472 e. The Bertz CT molecular complexity index is 1840. The van der Waals surface area contributed by atoms with Crippen molar-refractivity contribution in [1.82, 2.24) is 0 Å². The van der Waals surface area contributed by atoms with E-state index in [4.69, 9.17) is 37.0 Å². The molecule has 89 heavy (non-hydrogen) atoms. The van der Waals surface area contributed by atoms with Crippen LogP contribution in [0.3, 0.4) is 0 Å². The fourth-order valence-corrected chi connectivity index (χ4v) is 11.5. The molecule has 0 aliphatic carbocycles. The van der Waals surface area contributed by atoms with E-state index in [-0.39, 0.29) is 25.7 Å². The Morgan fingerprint density at radius 3 is 1.00 bits per heavy atom. The normalized spacial score (nSPS) is 14.7. The number of aliphatic hydroxyl groups excluding tert-OH is 1. The van der Waals surface area contributed by atoms with Crippen LogP contribution in [0.4, 0.5) is 0 Å². The van der Waals surface area contributed by atoms with Crippen LogP contribution >= 0.6 is 15.6 Å². The first-order valence-electron chi connectivity index (χ1n) is 35.7. The zero-order valence-corrected chi connectivity index (χ0v) is 59.2. The average molecular weight is 1310 g/mol. The van der Waals surface area contributed by atoms with Gasteiger partial charge in [-0.15, -0.1) is 0 Å². The van der Waals surface area contributed by atoms with Gasteiger partial charge in [0.15, 0.2) is 12.2 Å². The standard InChI is InChI=1S/C70H132O17P2/c1-8-10-11-12-13-14-15-16-17-18-19-24-30-39-46-53-69(74)86-66(58-81-68(73)52-45-38-33-32-35-42-49-62(5)6)60-85-89(78,79)83-56-64(71)55-82-88(76,77)84-59-65(87-70(75)54-47-40-31-26-25-28-36-43-50-63(7)9-2)57-80-67(72)51-44-37-29-23-21-20-22-27-34-41-48-61(3)4/h14-17,61-66,71H,8-13,18-60H2,1-7H3,(H,76,77)(H,78,79)/b15-14-,17-16-/t63?,64-,65-,66-/m1/s1. The van der Waals surface area contributed by atoms with Gasteiger partial charge in [-0.2, -0.15) is 0 Å². The maximum atomic E-state index is 13.0. The van der Waals surface area contributed by atoms with Gasteiger partial charge in [0.1, 0.15) is 19.3 Å². The van der Waals surface area contributed by atoms with E-state index in [1.807, 2.05) is 0 Å². The van der Waals surface area contributed by atoms with Crippen molar-refractivity contribution in [2.24, 2.45) is 17.8 Å². The highest BCUT2D eigenvalue weighted by Gasteiger charge is 2.30. The maximum absolute atomic E-state index is 13.0. The molecule has 0 spiro atoms. The van der Waals surface area contributed by atoms with Crippen molar-refractivity contribution >= 4 is 39.5 Å². The minimum Gasteiger partial charge on any atom is -0.462 e. The topological polar surface area (TPSA) is 237 Å². The first kappa shape index (κ1) is 86.5. The molecule has 0 heterocycles. The molecule has 0 aromatic rings. The van der Waals surface area contributed by atoms with Crippen molar-refractivity contribution < 1.29 is 80.2 Å². The Hall–Kier alpha value is -2.46. The number of ether oxygens (including phenoxy) is 4. The second-order valence-electron chi connectivity index (χ2n) is 25.8. The number of carbonyl (C=O) groups excluding carboxylic acids is 4. The number of carbonyl (C=O) groups is 4. The van der Waals surface area contributed by atoms with Crippen LogP contribution in [0.25, 0.3) is 0 Å². The van der Waals surface area contributed by atoms with E-state index in [1.165, 1.54) is 116 Å². The number of phosphoric acid groups is 2. The van der Waals surface area contributed by atoms with E-state index >= 15 is 0 Å². The molecular weight excluding hydrogens is 1170 g/mol. The van der Waals surface area contributed by atoms with Crippen molar-refractivity contribution in [3.05, 3.63) is 24.3 Å². The summed E-state index contributed by atoms with van der Waals surface area (Å²) in [6, 6.07) is 0. The monoisotopic (exact) mass is 1310 g/mol. The summed E-state index contributed by atoms with van der Waals surface area (Å²) < 4.78 is 68.2. The Balaban J connectivity index is 5.28. The van der Waals surface area contributed by atoms with Crippen molar-refractivity contribution in [1.29, 1.82) is 0 Å². The van der Waals surface area contributed by atoms with Gasteiger partial charge < -0.3 is 33.8 Å². The van der Waals surface area contributed by atoms with E-state index in [0.29, 0.717) is 31.6 Å². The van der Waals surface area contributed by atoms with Crippen LogP contribution in [0.2, 0.25) is 0 Å². The van der Waals surface area contributed by atoms with Crippen molar-refractivity contribution in [2.45, 2.75) is 343 Å². The van der Waals surface area contributed by atoms with Gasteiger partial charge in [0.05, 0.1) is 26.4 Å². The fraction of sp³-hybridized carbons (Fsp3) is 0.886. The third-order valence-electron chi connectivity index (χ3n) is 15.9. The summed E-state index contributed by atoms with van der Waals surface area (Å²) in [5.41, 5.74) is 0. The van der Waals surface area contributed by atoms with Crippen LogP contribution < -0.4 is 0 Å². The molecule has 0 amide bonds. The molecule has 0 aromatic heterocycles. The average Bonchev–Trinajstić information content (AvgIpc) is 3.71. The summed E-state index contributed by atoms with van der Waals surface area (Å²) in [5, 5.41) is 10.6. The number of hydrogen-bond donors (Lipinski definition) is 3. The number of allylic oxidation sites excluding steroid dienone is 4. The van der Waals surface area contributed by atoms with Crippen molar-refractivity contribution in [3.63, 3.8) is 0 Å². The molecule has 0 saturated heterocycles. The Labute approximate surface area is 542 Å². The predicted molar refractivity (Wildman–Crippen MR) is 358 cm³/mol. The van der Waals surface area contributed by atoms with Crippen LogP contribution in [-0.4, -0.2) is 96.7 Å². The van der Waals surface area contributed by atoms with E-state index in [0.717, 1.165) is 121 Å². The SMILES string of the molecule is CCCCCC/C=C\C=C/CCCCCCCC(=O)O[C@H](COC(=O)CCCCCCCCC(C)C)COP(=O)(O)OC[C@H](O)COP(=O)(O)OC[C@@H](COC(=O)CCCCCCCCCCCCC(C)C)OC(=O)CCCCCCCCCCC(C)CC. The minimum absolute atomic E-state index is 0.0834. The van der Waals surface area contributed by atoms with Crippen LogP contribution in [0.5, 0.6) is 0 Å². The summed E-state index contributed by atoms with van der Waals surface area (Å²) in [5.74, 6) is 0.0402. The summed E-state index contributed by atoms with van der Waals surface area (Å²) >= 11 is 0. The summed E-state index contributed by atoms with van der Waals surface area (Å²) in [6.07, 6.45) is 46.7. The molecule has 3 N–H and O–H groups in total. The van der Waals surface area contributed by atoms with Crippen LogP contribution in [-0.2, 0) is 65.4 Å². The largest absolute Gasteiger partial charge is 0.472 e. The van der Waals surface area contributed by atoms with Crippen LogP contribution in [0.15, 0.2) is 24.3 Å². The van der Waals surface area contributed by atoms with E-state index in [2.05, 4.69) is 72.8 Å². The number of esters is 4. The van der Waals surface area contributed by atoms with Crippen molar-refractivity contribution in [3.8, 4) is 0 Å². The van der Waals surface area contributed by atoms with Gasteiger partial charge in [-0.25, -0.2) is 9.13 Å². The quantitative estimate of drug-likeness (QED) is 0.0169. The summed E-state index contributed by atoms with van der Waals surface area (Å²) in [6.45, 7) is 11.7. The van der Waals surface area contributed by atoms with Gasteiger partial charge in [0, 0.05) is 25.7 Å². The second kappa shape index (κ2) is 60.5. The zero-order valence-electron chi connectivity index (χ0n) is 57.4. The van der Waals surface area contributed by atoms with Gasteiger partial charge >= 0.3 is 39.5 Å². The van der Waals surface area contributed by atoms with Gasteiger partial charge in [-0.1, -0.05) is 272 Å². The highest BCUT2D eigenvalue weighted by molar-refractivity contribution is 7.47. The first-order chi connectivity index (χ1) is 42.8. The molecule has 6 atom stereocenters. The molecule has 0 aliphatic heterocycles. The molecule has 0 aromatic carbocycles. The molecule has 0 aliphatic rings. The predicted octanol–water partition coefficient (Wildman–Crippen LogP) is 19.4. The lowest BCUT2D eigenvalue weighted by Crippen LogP contribution is -2.30. The van der Waals surface area contributed by atoms with Gasteiger partial charge in [-0.05, 0) is 69.1 Å². The Morgan fingerprint density at radius 1 is 0.371 bits per heavy atom. The molecule has 0 saturated carbocycles. The van der Waals surface area contributed by atoms with E-state index in [9.17, 15) is 43.2 Å². The molecule has 0 fully saturated rings. The number of aliphatic hydroxyl groups is 1. The Kier molecular flexibility index (Phi) is 58.8. The lowest BCUT2D eigenvalue weighted by atomic mass is 9.99. The zero-order chi connectivity index (χ0) is 65.9. The molecular formula is C70H132O17P2. The summed E-state index contributed by atoms with van der Waals surface area (Å²) in [7, 11) is -9.91. The van der Waals surface area contributed by atoms with Gasteiger partial charge in [0.2, 0.25) is 0 Å². The van der Waals surface area contributed by atoms with E-state index < -0.39 is 97.5 Å². The van der Waals surface area contributed by atoms with Gasteiger partial charge in [0.25, 0.3) is 0 Å². The van der Waals surface area contributed by atoms with Gasteiger partial charge in [-0.3, -0.25) is 37.3 Å². The molecule has 524 valence electrons. The van der Waals surface area contributed by atoms with Crippen molar-refractivity contribution in [2.75, 3.05) is 39.6 Å². The first-order valence-corrected chi connectivity index (χ1v) is 38.7. The number of unbranched alkanes of at least 4 members (excludes halogenated alkanes) is 30. The third-order valence-corrected chi connectivity index (χ3v) is 17.8. The Morgan fingerprint density at radius 2 is 0.663 bits per heavy atom. The second-order valence-corrected chi connectivity index (χ2v) is 28.7. The van der Waals surface area contributed by atoms with Crippen LogP contribution in [0, 0.1) is 17.8 Å². The van der Waals surface area contributed by atoms with E-state index in [1.54, 1.807) is 0 Å². The highest BCUT2D eigenvalue weighted by atomic mass is 31.2. The molecule has 19 heteroatoms. The summed E-state index contributed by atoms with van der Waals surface area (Å²) in [4.78, 5) is 72.5. The highest BCUT2D eigenvalue weighted by Crippen LogP contribution is 2.45. The number of phosphoric ester groups is 2. The third kappa shape index (κ3) is 62.7. The lowest BCUT2D eigenvalue weighted by Gasteiger charge is -2.21.